The summed E-state index contributed by atoms with van der Waals surface area (Å²) in [6.07, 6.45) is -0.302. The van der Waals surface area contributed by atoms with E-state index < -0.39 is 77.4 Å². The molecular weight excluding hydrogens is 1330 g/mol. The molecule has 0 spiro atoms. The molecule has 4 N–H and O–H groups in total. The number of hydrogen-bond acceptors (Lipinski definition) is 20. The molecule has 12 aromatic rings. The van der Waals surface area contributed by atoms with Gasteiger partial charge in [-0.2, -0.15) is 0 Å². The summed E-state index contributed by atoms with van der Waals surface area (Å²) < 4.78 is 24.7. The predicted octanol–water partition coefficient (Wildman–Crippen LogP) is 13.6. The van der Waals surface area contributed by atoms with Gasteiger partial charge in [-0.05, 0) is 142 Å². The van der Waals surface area contributed by atoms with E-state index in [4.69, 9.17) is 18.9 Å². The van der Waals surface area contributed by atoms with Crippen LogP contribution < -0.4 is 0 Å². The van der Waals surface area contributed by atoms with Crippen molar-refractivity contribution in [2.75, 3.05) is 26.4 Å². The minimum atomic E-state index is -1.74. The molecule has 0 fully saturated rings. The van der Waals surface area contributed by atoms with Crippen molar-refractivity contribution in [3.8, 4) is 45.7 Å². The number of hydrogen-bond donors (Lipinski definition) is 4. The van der Waals surface area contributed by atoms with Crippen molar-refractivity contribution in [2.24, 2.45) is 5.41 Å². The Balaban J connectivity index is 0.849. The molecule has 4 heterocycles. The van der Waals surface area contributed by atoms with Crippen LogP contribution in [0.2, 0.25) is 0 Å². The van der Waals surface area contributed by atoms with Crippen molar-refractivity contribution >= 4 is 68.0 Å². The monoisotopic (exact) mass is 1420 g/mol. The molecule has 0 bridgehead atoms. The average molecular weight is 1420 g/mol. The lowest BCUT2D eigenvalue weighted by molar-refractivity contribution is -0.170. The van der Waals surface area contributed by atoms with Crippen LogP contribution in [-0.4, -0.2) is 131 Å². The van der Waals surface area contributed by atoms with E-state index in [0.29, 0.717) is 111 Å². The highest BCUT2D eigenvalue weighted by atomic mass is 16.6. The maximum Gasteiger partial charge on any atom is 0.306 e. The Morgan fingerprint density at radius 2 is 0.467 bits per heavy atom. The van der Waals surface area contributed by atoms with Gasteiger partial charge in [0, 0.05) is 47.9 Å². The zero-order valence-corrected chi connectivity index (χ0v) is 61.3. The maximum atomic E-state index is 14.5. The molecule has 0 saturated heterocycles. The fourth-order valence-corrected chi connectivity index (χ4v) is 12.5. The number of phenolic OH excluding ortho intramolecular Hbond substituents is 4. The number of aryl methyl sites for hydroxylation is 4. The van der Waals surface area contributed by atoms with Gasteiger partial charge in [-0.25, -0.2) is 0 Å². The number of benzene rings is 8. The molecule has 0 aliphatic heterocycles. The fraction of sp³-hybridized carbons (Fsp3) is 0.358. The van der Waals surface area contributed by atoms with E-state index in [9.17, 15) is 39.6 Å². The van der Waals surface area contributed by atoms with Gasteiger partial charge in [-0.3, -0.25) is 19.2 Å². The van der Waals surface area contributed by atoms with Crippen LogP contribution in [0.25, 0.3) is 66.9 Å². The number of esters is 4. The van der Waals surface area contributed by atoms with E-state index in [1.54, 1.807) is 24.3 Å². The number of carbonyl (C=O) groups is 4. The van der Waals surface area contributed by atoms with E-state index >= 15 is 0 Å². The smallest absolute Gasteiger partial charge is 0.306 e. The molecule has 105 heavy (non-hydrogen) atoms. The summed E-state index contributed by atoms with van der Waals surface area (Å²) in [5.74, 6) is -2.90. The molecule has 24 heteroatoms. The third-order valence-corrected chi connectivity index (χ3v) is 18.5. The number of fused-ring (bicyclic) bond motifs is 4. The first-order chi connectivity index (χ1) is 49.7. The van der Waals surface area contributed by atoms with Crippen molar-refractivity contribution in [1.82, 2.24) is 60.0 Å². The molecule has 0 radical (unpaired) electrons. The Bertz CT molecular complexity index is 4490. The third kappa shape index (κ3) is 16.8. The highest BCUT2D eigenvalue weighted by Gasteiger charge is 2.39. The summed E-state index contributed by atoms with van der Waals surface area (Å²) in [4.78, 5) is 63.4. The number of phenols is 4. The Hall–Kier alpha value is -11.6. The maximum absolute atomic E-state index is 14.5. The minimum Gasteiger partial charge on any atom is -0.505 e. The number of nitrogens with zero attached hydrogens (tertiary/aromatic N) is 12. The van der Waals surface area contributed by atoms with E-state index in [1.807, 2.05) is 204 Å². The molecule has 0 aliphatic rings. The Labute approximate surface area is 607 Å². The van der Waals surface area contributed by atoms with Crippen LogP contribution in [-0.2, 0) is 85.5 Å². The third-order valence-electron chi connectivity index (χ3n) is 18.5. The van der Waals surface area contributed by atoms with Crippen LogP contribution in [0.3, 0.4) is 0 Å². The van der Waals surface area contributed by atoms with Crippen molar-refractivity contribution in [1.29, 1.82) is 0 Å². The fourth-order valence-electron chi connectivity index (χ4n) is 12.5. The largest absolute Gasteiger partial charge is 0.505 e. The zero-order chi connectivity index (χ0) is 74.9. The zero-order valence-electron chi connectivity index (χ0n) is 61.3. The second-order valence-electron chi connectivity index (χ2n) is 31.1. The Morgan fingerprint density at radius 3 is 0.629 bits per heavy atom. The first-order valence-corrected chi connectivity index (χ1v) is 35.1. The number of ether oxygens (including phenoxy) is 4. The van der Waals surface area contributed by atoms with Crippen molar-refractivity contribution < 1.29 is 58.6 Å². The summed E-state index contributed by atoms with van der Waals surface area (Å²) in [6.45, 7) is 21.2. The molecule has 0 saturated carbocycles. The number of aromatic hydroxyl groups is 4. The number of carbonyl (C=O) groups excluding carboxylic acids is 4. The summed E-state index contributed by atoms with van der Waals surface area (Å²) in [5, 5.41) is 84.2. The van der Waals surface area contributed by atoms with Gasteiger partial charge in [0.05, 0.1) is 0 Å². The highest BCUT2D eigenvalue weighted by Crippen LogP contribution is 2.42. The Kier molecular flexibility index (Phi) is 20.4. The van der Waals surface area contributed by atoms with Crippen molar-refractivity contribution in [3.63, 3.8) is 0 Å². The highest BCUT2D eigenvalue weighted by molar-refractivity contribution is 5.78. The Morgan fingerprint density at radius 1 is 0.295 bits per heavy atom. The van der Waals surface area contributed by atoms with Gasteiger partial charge < -0.3 is 39.4 Å². The molecule has 24 nitrogen and oxygen atoms in total. The van der Waals surface area contributed by atoms with Crippen LogP contribution in [0.15, 0.2) is 146 Å². The van der Waals surface area contributed by atoms with Crippen molar-refractivity contribution in [2.45, 2.75) is 156 Å². The van der Waals surface area contributed by atoms with E-state index in [-0.39, 0.29) is 74.4 Å². The second kappa shape index (κ2) is 29.3. The van der Waals surface area contributed by atoms with Gasteiger partial charge in [0.15, 0.2) is 0 Å². The van der Waals surface area contributed by atoms with Gasteiger partial charge in [-0.1, -0.05) is 156 Å². The standard InChI is InChI=1S/C81H88N12O12/c1-77(2,3)53-37-49(41-65(73(53)98)90-82-57-21-13-14-22-58(57)83-90)29-33-69(94)102-45-81(46-103-70(95)34-30-50-38-54(78(4,5)6)74(99)66(42-50)91-84-59-23-15-16-24-60(59)85-91,47-104-71(96)35-31-51-39-55(79(7,8)9)75(100)67(43-51)92-86-61-25-17-18-26-62(61)87-92)48-105-72(97)36-32-52-40-56(80(10,11)12)76(101)68(44-52)93-88-63-27-19-20-28-64(63)89-93/h13-28,37-44,98-101H,29-36,45-48H2,1-12H3. The van der Waals surface area contributed by atoms with Crippen LogP contribution in [0.1, 0.15) is 153 Å². The molecule has 8 aromatic carbocycles. The quantitative estimate of drug-likeness (QED) is 0.0323. The van der Waals surface area contributed by atoms with Crippen LogP contribution in [0, 0.1) is 5.41 Å². The number of rotatable bonds is 24. The van der Waals surface area contributed by atoms with Gasteiger partial charge >= 0.3 is 23.9 Å². The van der Waals surface area contributed by atoms with Gasteiger partial charge in [0.2, 0.25) is 0 Å². The van der Waals surface area contributed by atoms with E-state index in [0.717, 1.165) is 0 Å². The van der Waals surface area contributed by atoms with Crippen molar-refractivity contribution in [3.05, 3.63) is 190 Å². The van der Waals surface area contributed by atoms with E-state index in [1.165, 1.54) is 19.2 Å². The van der Waals surface area contributed by atoms with E-state index in [2.05, 4.69) is 40.8 Å². The topological polar surface area (TPSA) is 309 Å². The summed E-state index contributed by atoms with van der Waals surface area (Å²) >= 11 is 0. The number of aromatic nitrogens is 12. The molecule has 0 amide bonds. The van der Waals surface area contributed by atoms with Crippen LogP contribution in [0.4, 0.5) is 0 Å². The van der Waals surface area contributed by atoms with Gasteiger partial charge in [0.25, 0.3) is 0 Å². The second-order valence-corrected chi connectivity index (χ2v) is 31.1. The minimum absolute atomic E-state index is 0.0223. The lowest BCUT2D eigenvalue weighted by atomic mass is 9.84. The first kappa shape index (κ1) is 73.2. The van der Waals surface area contributed by atoms with Gasteiger partial charge in [-0.15, -0.1) is 60.0 Å². The molecular formula is C81H88N12O12. The molecule has 12 rings (SSSR count). The lowest BCUT2D eigenvalue weighted by Gasteiger charge is -2.31. The molecule has 0 unspecified atom stereocenters. The molecule has 544 valence electrons. The van der Waals surface area contributed by atoms with Crippen LogP contribution in [0.5, 0.6) is 23.0 Å². The lowest BCUT2D eigenvalue weighted by Crippen LogP contribution is -2.44. The van der Waals surface area contributed by atoms with Crippen LogP contribution >= 0.6 is 0 Å². The molecule has 4 aromatic heterocycles. The first-order valence-electron chi connectivity index (χ1n) is 35.1. The predicted molar refractivity (Wildman–Crippen MR) is 396 cm³/mol. The normalized spacial score (nSPS) is 12.4. The summed E-state index contributed by atoms with van der Waals surface area (Å²) in [6, 6.07) is 43.5. The SMILES string of the molecule is CC(C)(C)c1cc(CCC(=O)OCC(COC(=O)CCc2cc(-n3nc4ccccc4n3)c(O)c(C(C)(C)C)c2)(COC(=O)CCc2cc(-n3nc4ccccc4n3)c(O)c(C(C)(C)C)c2)COC(=O)CCc2cc(-n3nc4ccccc4n3)c(O)c(C(C)(C)C)c2)cc(-n2nc3ccccc3n2)c1O. The summed E-state index contributed by atoms with van der Waals surface area (Å²) in [5.41, 5.74) is 7.17. The summed E-state index contributed by atoms with van der Waals surface area (Å²) in [7, 11) is 0. The van der Waals surface area contributed by atoms with Gasteiger partial charge in [0.1, 0.15) is 122 Å². The average Bonchev–Trinajstić information content (AvgIpc) is 1.76. The molecule has 0 aliphatic carbocycles. The molecule has 0 atom stereocenters.